The van der Waals surface area contributed by atoms with Gasteiger partial charge in [0.2, 0.25) is 5.91 Å². The first-order chi connectivity index (χ1) is 19.2. The fraction of sp³-hybridized carbons (Fsp3) is 0.222. The van der Waals surface area contributed by atoms with Crippen LogP contribution in [-0.2, 0) is 25.1 Å². The minimum atomic E-state index is -4.25. The Kier molecular flexibility index (Phi) is 9.16. The molecule has 13 heteroatoms. The van der Waals surface area contributed by atoms with Crippen molar-refractivity contribution in [1.29, 1.82) is 5.26 Å². The topological polar surface area (TPSA) is 155 Å². The molecule has 0 aliphatic heterocycles. The minimum Gasteiger partial charge on any atom is -0.321 e. The van der Waals surface area contributed by atoms with E-state index in [0.717, 1.165) is 5.56 Å². The summed E-state index contributed by atoms with van der Waals surface area (Å²) in [6, 6.07) is 9.11. The normalized spacial score (nSPS) is 13.0. The highest BCUT2D eigenvalue weighted by Crippen LogP contribution is 2.44. The van der Waals surface area contributed by atoms with Gasteiger partial charge in [-0.25, -0.2) is 14.5 Å². The van der Waals surface area contributed by atoms with E-state index in [1.54, 1.807) is 60.6 Å². The van der Waals surface area contributed by atoms with Crippen molar-refractivity contribution in [3.8, 4) is 28.3 Å². The van der Waals surface area contributed by atoms with Crippen molar-refractivity contribution in [3.63, 3.8) is 0 Å². The van der Waals surface area contributed by atoms with Gasteiger partial charge < -0.3 is 19.7 Å². The lowest BCUT2D eigenvalue weighted by molar-refractivity contribution is -0.111. The van der Waals surface area contributed by atoms with E-state index in [9.17, 15) is 19.5 Å². The molecule has 40 heavy (non-hydrogen) atoms. The second-order valence-electron chi connectivity index (χ2n) is 8.91. The van der Waals surface area contributed by atoms with Crippen LogP contribution in [-0.4, -0.2) is 62.5 Å². The number of fused-ring (bicyclic) bond motifs is 1. The van der Waals surface area contributed by atoms with Crippen LogP contribution in [0.2, 0.25) is 0 Å². The number of anilines is 1. The predicted octanol–water partition coefficient (Wildman–Crippen LogP) is 4.20. The molecule has 4 aromatic heterocycles. The van der Waals surface area contributed by atoms with Crippen LogP contribution in [0.1, 0.15) is 12.6 Å². The third-order valence-corrected chi connectivity index (χ3v) is 6.66. The van der Waals surface area contributed by atoms with E-state index < -0.39 is 7.82 Å². The van der Waals surface area contributed by atoms with Gasteiger partial charge in [0.05, 0.1) is 18.5 Å². The average molecular weight is 562 g/mol. The highest BCUT2D eigenvalue weighted by Gasteiger charge is 2.22. The van der Waals surface area contributed by atoms with Gasteiger partial charge in [-0.1, -0.05) is 6.08 Å². The lowest BCUT2D eigenvalue weighted by Gasteiger charge is -2.11. The molecule has 12 nitrogen and oxygen atoms in total. The molecule has 4 aromatic rings. The fourth-order valence-corrected chi connectivity index (χ4v) is 4.54. The van der Waals surface area contributed by atoms with Crippen molar-refractivity contribution in [2.24, 2.45) is 0 Å². The van der Waals surface area contributed by atoms with E-state index in [-0.39, 0.29) is 24.9 Å². The third kappa shape index (κ3) is 7.24. The van der Waals surface area contributed by atoms with E-state index in [1.807, 2.05) is 31.1 Å². The SMILES string of the molecule is CCOP(=O)(O)OCn1cc(-c2ccnc(C#N)c2)c2cc(-c3cncc(NC(=O)C=CCN(C)C)c3)cnc21. The highest BCUT2D eigenvalue weighted by molar-refractivity contribution is 7.47. The number of nitrogens with zero attached hydrogens (tertiary/aromatic N) is 6. The summed E-state index contributed by atoms with van der Waals surface area (Å²) >= 11 is 0. The van der Waals surface area contributed by atoms with Gasteiger partial charge in [-0.15, -0.1) is 0 Å². The highest BCUT2D eigenvalue weighted by atomic mass is 31.2. The van der Waals surface area contributed by atoms with Crippen LogP contribution in [0.5, 0.6) is 0 Å². The summed E-state index contributed by atoms with van der Waals surface area (Å²) in [5.74, 6) is -0.270. The number of pyridine rings is 3. The number of rotatable bonds is 11. The van der Waals surface area contributed by atoms with Crippen molar-refractivity contribution >= 4 is 30.5 Å². The monoisotopic (exact) mass is 561 g/mol. The number of phosphoric ester groups is 1. The number of carbonyl (C=O) groups is 1. The molecule has 0 spiro atoms. The number of nitriles is 1. The molecule has 0 saturated heterocycles. The molecule has 4 rings (SSSR count). The van der Waals surface area contributed by atoms with E-state index in [0.29, 0.717) is 40.0 Å². The molecule has 0 aromatic carbocycles. The fourth-order valence-electron chi connectivity index (χ4n) is 3.87. The summed E-state index contributed by atoms with van der Waals surface area (Å²) < 4.78 is 23.6. The molecule has 0 saturated carbocycles. The number of likely N-dealkylation sites (N-methyl/N-ethyl adjacent to an activating group) is 1. The Hall–Kier alpha value is -4.24. The Morgan fingerprint density at radius 3 is 2.73 bits per heavy atom. The van der Waals surface area contributed by atoms with Crippen molar-refractivity contribution in [3.05, 3.63) is 73.1 Å². The maximum Gasteiger partial charge on any atom is 0.473 e. The number of phosphoric acid groups is 1. The van der Waals surface area contributed by atoms with Crippen LogP contribution < -0.4 is 5.32 Å². The minimum absolute atomic E-state index is 0.0148. The maximum atomic E-state index is 12.3. The largest absolute Gasteiger partial charge is 0.473 e. The van der Waals surface area contributed by atoms with Crippen molar-refractivity contribution in [1.82, 2.24) is 24.4 Å². The number of hydrogen-bond acceptors (Lipinski definition) is 9. The molecular weight excluding hydrogens is 533 g/mol. The summed E-state index contributed by atoms with van der Waals surface area (Å²) in [5, 5.41) is 12.8. The first kappa shape index (κ1) is 28.8. The molecular formula is C27H28N7O5P. The zero-order valence-electron chi connectivity index (χ0n) is 22.2. The van der Waals surface area contributed by atoms with Gasteiger partial charge in [-0.2, -0.15) is 5.26 Å². The molecule has 0 radical (unpaired) electrons. The van der Waals surface area contributed by atoms with Crippen LogP contribution in [0.4, 0.5) is 5.69 Å². The number of nitrogens with one attached hydrogen (secondary N) is 1. The smallest absolute Gasteiger partial charge is 0.321 e. The molecule has 1 amide bonds. The Morgan fingerprint density at radius 2 is 1.98 bits per heavy atom. The quantitative estimate of drug-likeness (QED) is 0.201. The third-order valence-electron chi connectivity index (χ3n) is 5.63. The van der Waals surface area contributed by atoms with Gasteiger partial charge in [0.25, 0.3) is 0 Å². The van der Waals surface area contributed by atoms with Gasteiger partial charge in [0.1, 0.15) is 24.1 Å². The predicted molar refractivity (Wildman–Crippen MR) is 150 cm³/mol. The maximum absolute atomic E-state index is 12.3. The van der Waals surface area contributed by atoms with Gasteiger partial charge >= 0.3 is 7.82 Å². The Morgan fingerprint density at radius 1 is 1.18 bits per heavy atom. The van der Waals surface area contributed by atoms with Gasteiger partial charge in [0.15, 0.2) is 0 Å². The molecule has 4 heterocycles. The van der Waals surface area contributed by atoms with E-state index >= 15 is 0 Å². The number of carbonyl (C=O) groups excluding carboxylic acids is 1. The van der Waals surface area contributed by atoms with Gasteiger partial charge in [0, 0.05) is 59.5 Å². The van der Waals surface area contributed by atoms with Crippen LogP contribution in [0, 0.1) is 11.3 Å². The Bertz CT molecular complexity index is 1640. The van der Waals surface area contributed by atoms with E-state index in [4.69, 9.17) is 9.05 Å². The summed E-state index contributed by atoms with van der Waals surface area (Å²) in [7, 11) is -0.424. The van der Waals surface area contributed by atoms with Crippen LogP contribution in [0.25, 0.3) is 33.3 Å². The molecule has 0 aliphatic carbocycles. The summed E-state index contributed by atoms with van der Waals surface area (Å²) in [5.41, 5.74) is 4.08. The standard InChI is InChI=1S/C27H28N7O5P/c1-4-38-40(36,37)39-18-34-17-25(19-7-8-30-22(10-19)13-28)24-12-21(15-31-27(24)34)20-11-23(16-29-14-20)32-26(35)6-5-9-33(2)3/h5-8,10-12,14-17H,4,9,18H2,1-3H3,(H,32,35)(H,36,37). The van der Waals surface area contributed by atoms with Crippen LogP contribution in [0.15, 0.2) is 67.4 Å². The second-order valence-corrected chi connectivity index (χ2v) is 10.4. The number of hydrogen-bond donors (Lipinski definition) is 2. The molecule has 206 valence electrons. The molecule has 0 aliphatic rings. The molecule has 1 unspecified atom stereocenters. The first-order valence-corrected chi connectivity index (χ1v) is 13.7. The van der Waals surface area contributed by atoms with Crippen molar-refractivity contribution in [2.45, 2.75) is 13.7 Å². The van der Waals surface area contributed by atoms with Crippen LogP contribution >= 0.6 is 7.82 Å². The number of aromatic nitrogens is 4. The molecule has 0 bridgehead atoms. The molecule has 0 fully saturated rings. The lowest BCUT2D eigenvalue weighted by atomic mass is 10.0. The summed E-state index contributed by atoms with van der Waals surface area (Å²) in [6.07, 6.45) is 11.3. The van der Waals surface area contributed by atoms with E-state index in [2.05, 4.69) is 20.3 Å². The van der Waals surface area contributed by atoms with Crippen molar-refractivity contribution in [2.75, 3.05) is 32.6 Å². The first-order valence-electron chi connectivity index (χ1n) is 12.2. The molecule has 1 atom stereocenters. The zero-order valence-corrected chi connectivity index (χ0v) is 23.1. The van der Waals surface area contributed by atoms with Crippen LogP contribution in [0.3, 0.4) is 0 Å². The summed E-state index contributed by atoms with van der Waals surface area (Å²) in [4.78, 5) is 37.0. The zero-order chi connectivity index (χ0) is 28.7. The second kappa shape index (κ2) is 12.7. The Balaban J connectivity index is 1.71. The Labute approximate surface area is 231 Å². The average Bonchev–Trinajstić information content (AvgIpc) is 3.30. The summed E-state index contributed by atoms with van der Waals surface area (Å²) in [6.45, 7) is 1.95. The van der Waals surface area contributed by atoms with Gasteiger partial charge in [-0.3, -0.25) is 18.8 Å². The van der Waals surface area contributed by atoms with Gasteiger partial charge in [-0.05, 0) is 50.8 Å². The van der Waals surface area contributed by atoms with E-state index in [1.165, 1.54) is 12.3 Å². The molecule has 2 N–H and O–H groups in total. The lowest BCUT2D eigenvalue weighted by Crippen LogP contribution is -2.13. The van der Waals surface area contributed by atoms with Crippen molar-refractivity contribution < 1.29 is 23.3 Å². The number of amides is 1.